The molecule has 1 atom stereocenters. The fourth-order valence-electron chi connectivity index (χ4n) is 3.96. The Balaban J connectivity index is 1.64. The molecule has 1 aliphatic carbocycles. The van der Waals surface area contributed by atoms with Crippen molar-refractivity contribution in [2.24, 2.45) is 0 Å². The third-order valence-electron chi connectivity index (χ3n) is 6.00. The van der Waals surface area contributed by atoms with Crippen LogP contribution in [0.2, 0.25) is 5.02 Å². The number of carbonyl (C=O) groups excluding carboxylic acids is 2. The molecule has 0 spiro atoms. The van der Waals surface area contributed by atoms with Crippen LogP contribution < -0.4 is 5.32 Å². The van der Waals surface area contributed by atoms with Crippen LogP contribution in [0.5, 0.6) is 0 Å². The molecule has 0 bridgehead atoms. The van der Waals surface area contributed by atoms with E-state index in [9.17, 15) is 9.59 Å². The summed E-state index contributed by atoms with van der Waals surface area (Å²) in [6.45, 7) is 4.28. The number of thioether (sulfide) groups is 1. The minimum Gasteiger partial charge on any atom is -0.352 e. The Bertz CT molecular complexity index is 880. The van der Waals surface area contributed by atoms with Gasteiger partial charge in [0, 0.05) is 23.4 Å². The van der Waals surface area contributed by atoms with E-state index in [4.69, 9.17) is 11.6 Å². The van der Waals surface area contributed by atoms with E-state index >= 15 is 0 Å². The summed E-state index contributed by atoms with van der Waals surface area (Å²) >= 11 is 7.60. The predicted octanol–water partition coefficient (Wildman–Crippen LogP) is 5.75. The van der Waals surface area contributed by atoms with Crippen molar-refractivity contribution in [3.63, 3.8) is 0 Å². The largest absolute Gasteiger partial charge is 0.352 e. The number of hydrogen-bond donors (Lipinski definition) is 1. The molecule has 2 aromatic rings. The maximum Gasteiger partial charge on any atom is 0.242 e. The molecule has 32 heavy (non-hydrogen) atoms. The second-order valence-corrected chi connectivity index (χ2v) is 10.1. The Morgan fingerprint density at radius 2 is 1.66 bits per heavy atom. The summed E-state index contributed by atoms with van der Waals surface area (Å²) in [4.78, 5) is 27.9. The highest BCUT2D eigenvalue weighted by Crippen LogP contribution is 2.20. The molecule has 0 radical (unpaired) electrons. The standard InChI is InChI=1S/C26H33ClN2O2S/c1-19-8-10-22(11-9-19)17-32-18-25(30)29(16-21-12-14-23(27)15-13-21)20(2)26(31)28-24-6-4-3-5-7-24/h8-15,20,24H,3-7,16-18H2,1-2H3,(H,28,31)/t20-/m1/s1. The third-order valence-corrected chi connectivity index (χ3v) is 7.24. The topological polar surface area (TPSA) is 49.4 Å². The molecule has 0 aromatic heterocycles. The number of rotatable bonds is 9. The second-order valence-electron chi connectivity index (χ2n) is 8.65. The lowest BCUT2D eigenvalue weighted by Crippen LogP contribution is -2.50. The van der Waals surface area contributed by atoms with E-state index in [-0.39, 0.29) is 17.9 Å². The first-order chi connectivity index (χ1) is 15.4. The Kier molecular flexibility index (Phi) is 9.49. The molecule has 1 aliphatic rings. The van der Waals surface area contributed by atoms with E-state index in [0.29, 0.717) is 17.3 Å². The van der Waals surface area contributed by atoms with Crippen molar-refractivity contribution in [3.05, 3.63) is 70.2 Å². The van der Waals surface area contributed by atoms with Crippen LogP contribution in [0.3, 0.4) is 0 Å². The van der Waals surface area contributed by atoms with Gasteiger partial charge in [-0.05, 0) is 49.9 Å². The minimum absolute atomic E-state index is 0.0247. The summed E-state index contributed by atoms with van der Waals surface area (Å²) in [5.41, 5.74) is 3.38. The quantitative estimate of drug-likeness (QED) is 0.505. The van der Waals surface area contributed by atoms with E-state index in [0.717, 1.165) is 37.0 Å². The van der Waals surface area contributed by atoms with Crippen molar-refractivity contribution in [2.45, 2.75) is 70.3 Å². The van der Waals surface area contributed by atoms with Gasteiger partial charge in [-0.2, -0.15) is 0 Å². The molecule has 0 unspecified atom stereocenters. The smallest absolute Gasteiger partial charge is 0.242 e. The van der Waals surface area contributed by atoms with Crippen LogP contribution in [0.4, 0.5) is 0 Å². The first-order valence-corrected chi connectivity index (χ1v) is 12.9. The zero-order chi connectivity index (χ0) is 22.9. The van der Waals surface area contributed by atoms with E-state index in [1.165, 1.54) is 17.5 Å². The molecule has 0 aliphatic heterocycles. The number of nitrogens with zero attached hydrogens (tertiary/aromatic N) is 1. The molecule has 6 heteroatoms. The van der Waals surface area contributed by atoms with Gasteiger partial charge in [0.15, 0.2) is 0 Å². The highest BCUT2D eigenvalue weighted by atomic mass is 35.5. The number of hydrogen-bond acceptors (Lipinski definition) is 3. The molecule has 0 saturated heterocycles. The normalized spacial score (nSPS) is 15.2. The van der Waals surface area contributed by atoms with Crippen molar-refractivity contribution in [2.75, 3.05) is 5.75 Å². The number of carbonyl (C=O) groups is 2. The van der Waals surface area contributed by atoms with Gasteiger partial charge in [0.1, 0.15) is 6.04 Å². The summed E-state index contributed by atoms with van der Waals surface area (Å²) in [6, 6.07) is 15.5. The third kappa shape index (κ3) is 7.56. The van der Waals surface area contributed by atoms with E-state index < -0.39 is 6.04 Å². The summed E-state index contributed by atoms with van der Waals surface area (Å²) in [7, 11) is 0. The molecule has 2 amide bonds. The molecule has 172 valence electrons. The van der Waals surface area contributed by atoms with Gasteiger partial charge in [0.25, 0.3) is 0 Å². The average Bonchev–Trinajstić information content (AvgIpc) is 2.80. The average molecular weight is 473 g/mol. The monoisotopic (exact) mass is 472 g/mol. The zero-order valence-electron chi connectivity index (χ0n) is 19.0. The Labute approximate surface area is 201 Å². The molecule has 2 aromatic carbocycles. The van der Waals surface area contributed by atoms with Crippen molar-refractivity contribution in [1.82, 2.24) is 10.2 Å². The van der Waals surface area contributed by atoms with Gasteiger partial charge in [0.2, 0.25) is 11.8 Å². The predicted molar refractivity (Wildman–Crippen MR) is 134 cm³/mol. The molecular weight excluding hydrogens is 440 g/mol. The molecule has 4 nitrogen and oxygen atoms in total. The van der Waals surface area contributed by atoms with Crippen molar-refractivity contribution >= 4 is 35.2 Å². The van der Waals surface area contributed by atoms with Crippen molar-refractivity contribution in [1.29, 1.82) is 0 Å². The van der Waals surface area contributed by atoms with Gasteiger partial charge in [-0.25, -0.2) is 0 Å². The van der Waals surface area contributed by atoms with E-state index in [1.54, 1.807) is 16.7 Å². The van der Waals surface area contributed by atoms with Gasteiger partial charge in [-0.15, -0.1) is 11.8 Å². The van der Waals surface area contributed by atoms with Gasteiger partial charge < -0.3 is 10.2 Å². The SMILES string of the molecule is Cc1ccc(CSCC(=O)N(Cc2ccc(Cl)cc2)[C@H](C)C(=O)NC2CCCCC2)cc1. The van der Waals surface area contributed by atoms with Crippen molar-refractivity contribution in [3.8, 4) is 0 Å². The van der Waals surface area contributed by atoms with Crippen LogP contribution in [-0.4, -0.2) is 34.6 Å². The number of nitrogens with one attached hydrogen (secondary N) is 1. The summed E-state index contributed by atoms with van der Waals surface area (Å²) in [5.74, 6) is 1.01. The molecule has 1 saturated carbocycles. The lowest BCUT2D eigenvalue weighted by molar-refractivity contribution is -0.139. The van der Waals surface area contributed by atoms with Crippen molar-refractivity contribution < 1.29 is 9.59 Å². The summed E-state index contributed by atoms with van der Waals surface area (Å²) < 4.78 is 0. The zero-order valence-corrected chi connectivity index (χ0v) is 20.6. The maximum atomic E-state index is 13.2. The number of amides is 2. The first-order valence-electron chi connectivity index (χ1n) is 11.4. The van der Waals surface area contributed by atoms with E-state index in [2.05, 4.69) is 36.5 Å². The fraction of sp³-hybridized carbons (Fsp3) is 0.462. The summed E-state index contributed by atoms with van der Waals surface area (Å²) in [5, 5.41) is 3.83. The molecular formula is C26H33ClN2O2S. The Hall–Kier alpha value is -1.98. The molecule has 3 rings (SSSR count). The minimum atomic E-state index is -0.528. The van der Waals surface area contributed by atoms with Crippen LogP contribution >= 0.6 is 23.4 Å². The molecule has 1 fully saturated rings. The molecule has 1 N–H and O–H groups in total. The lowest BCUT2D eigenvalue weighted by Gasteiger charge is -2.31. The summed E-state index contributed by atoms with van der Waals surface area (Å²) in [6.07, 6.45) is 5.60. The number of benzene rings is 2. The highest BCUT2D eigenvalue weighted by Gasteiger charge is 2.28. The van der Waals surface area contributed by atoms with Gasteiger partial charge >= 0.3 is 0 Å². The van der Waals surface area contributed by atoms with Gasteiger partial charge in [-0.3, -0.25) is 9.59 Å². The van der Waals surface area contributed by atoms with Crippen LogP contribution in [-0.2, 0) is 21.9 Å². The fourth-order valence-corrected chi connectivity index (χ4v) is 4.96. The highest BCUT2D eigenvalue weighted by molar-refractivity contribution is 7.99. The van der Waals surface area contributed by atoms with Crippen LogP contribution in [0.25, 0.3) is 0 Å². The maximum absolute atomic E-state index is 13.2. The second kappa shape index (κ2) is 12.3. The van der Waals surface area contributed by atoms with E-state index in [1.807, 2.05) is 31.2 Å². The Morgan fingerprint density at radius 1 is 1.03 bits per heavy atom. The van der Waals surface area contributed by atoms with Crippen LogP contribution in [0, 0.1) is 6.92 Å². The lowest BCUT2D eigenvalue weighted by atomic mass is 9.95. The van der Waals surface area contributed by atoms with Crippen LogP contribution in [0.15, 0.2) is 48.5 Å². The molecule has 0 heterocycles. The van der Waals surface area contributed by atoms with Gasteiger partial charge in [0.05, 0.1) is 5.75 Å². The Morgan fingerprint density at radius 3 is 2.31 bits per heavy atom. The van der Waals surface area contributed by atoms with Crippen LogP contribution in [0.1, 0.15) is 55.7 Å². The number of aryl methyl sites for hydroxylation is 1. The first kappa shape index (κ1) is 24.7. The number of halogens is 1. The van der Waals surface area contributed by atoms with Gasteiger partial charge in [-0.1, -0.05) is 72.8 Å².